The van der Waals surface area contributed by atoms with Gasteiger partial charge in [0.2, 0.25) is 0 Å². The maximum absolute atomic E-state index is 13.4. The molecule has 8 heteroatoms. The first-order valence-corrected chi connectivity index (χ1v) is 4.09. The van der Waals surface area contributed by atoms with Gasteiger partial charge in [-0.25, -0.2) is 23.1 Å². The molecule has 2 aromatic rings. The standard InChI is InChI=1S/C8H2BF5N2/c9-1-2(10)4(12)6-5(3(1)11)15-7(13)8(14)16-6/h9H2. The van der Waals surface area contributed by atoms with Crippen molar-refractivity contribution in [2.24, 2.45) is 0 Å². The zero-order valence-electron chi connectivity index (χ0n) is 7.78. The molecule has 0 aliphatic heterocycles. The molecule has 0 unspecified atom stereocenters. The summed E-state index contributed by atoms with van der Waals surface area (Å²) >= 11 is 0. The first kappa shape index (κ1) is 10.8. The van der Waals surface area contributed by atoms with Crippen molar-refractivity contribution in [1.29, 1.82) is 0 Å². The summed E-state index contributed by atoms with van der Waals surface area (Å²) in [5.74, 6) is -7.70. The molecule has 0 aliphatic carbocycles. The summed E-state index contributed by atoms with van der Waals surface area (Å²) in [7, 11) is 0.954. The first-order valence-electron chi connectivity index (χ1n) is 4.09. The van der Waals surface area contributed by atoms with Crippen LogP contribution < -0.4 is 5.46 Å². The second-order valence-corrected chi connectivity index (χ2v) is 3.07. The van der Waals surface area contributed by atoms with Gasteiger partial charge in [-0.2, -0.15) is 8.78 Å². The SMILES string of the molecule is Bc1c(F)c(F)c2nc(F)c(F)nc2c1F. The highest BCUT2D eigenvalue weighted by molar-refractivity contribution is 6.33. The molecule has 0 amide bonds. The molecule has 0 fully saturated rings. The van der Waals surface area contributed by atoms with Gasteiger partial charge in [0, 0.05) is 0 Å². The van der Waals surface area contributed by atoms with Crippen LogP contribution in [0.2, 0.25) is 0 Å². The van der Waals surface area contributed by atoms with Crippen LogP contribution in [0.15, 0.2) is 0 Å². The van der Waals surface area contributed by atoms with Crippen molar-refractivity contribution in [3.8, 4) is 0 Å². The lowest BCUT2D eigenvalue weighted by molar-refractivity contribution is 0.452. The number of halogens is 5. The van der Waals surface area contributed by atoms with Crippen LogP contribution in [0.3, 0.4) is 0 Å². The van der Waals surface area contributed by atoms with Gasteiger partial charge in [-0.05, 0) is 5.46 Å². The molecule has 82 valence electrons. The van der Waals surface area contributed by atoms with E-state index >= 15 is 0 Å². The molecule has 1 heterocycles. The molecular formula is C8H2BF5N2. The Bertz CT molecular complexity index is 548. The molecule has 16 heavy (non-hydrogen) atoms. The maximum atomic E-state index is 13.4. The van der Waals surface area contributed by atoms with E-state index in [1.807, 2.05) is 0 Å². The van der Waals surface area contributed by atoms with E-state index in [-0.39, 0.29) is 0 Å². The minimum Gasteiger partial charge on any atom is -0.211 e. The molecule has 0 saturated heterocycles. The molecule has 0 bridgehead atoms. The van der Waals surface area contributed by atoms with E-state index in [0.29, 0.717) is 0 Å². The normalized spacial score (nSPS) is 11.1. The molecule has 1 aromatic heterocycles. The Labute approximate surface area is 86.5 Å². The summed E-state index contributed by atoms with van der Waals surface area (Å²) in [6.45, 7) is 0. The van der Waals surface area contributed by atoms with Gasteiger partial charge in [-0.3, -0.25) is 0 Å². The molecular weight excluding hydrogens is 230 g/mol. The summed E-state index contributed by atoms with van der Waals surface area (Å²) in [6.07, 6.45) is 0. The van der Waals surface area contributed by atoms with Gasteiger partial charge in [0.05, 0.1) is 0 Å². The second-order valence-electron chi connectivity index (χ2n) is 3.07. The van der Waals surface area contributed by atoms with Crippen molar-refractivity contribution in [2.75, 3.05) is 0 Å². The van der Waals surface area contributed by atoms with Crippen molar-refractivity contribution in [3.05, 3.63) is 29.3 Å². The van der Waals surface area contributed by atoms with Gasteiger partial charge >= 0.3 is 0 Å². The smallest absolute Gasteiger partial charge is 0.211 e. The number of rotatable bonds is 0. The van der Waals surface area contributed by atoms with Crippen molar-refractivity contribution in [1.82, 2.24) is 9.97 Å². The van der Waals surface area contributed by atoms with Crippen LogP contribution in [-0.2, 0) is 0 Å². The van der Waals surface area contributed by atoms with E-state index in [2.05, 4.69) is 9.97 Å². The Morgan fingerprint density at radius 3 is 1.62 bits per heavy atom. The Morgan fingerprint density at radius 2 is 1.12 bits per heavy atom. The van der Waals surface area contributed by atoms with Crippen molar-refractivity contribution >= 4 is 24.3 Å². The predicted octanol–water partition coefficient (Wildman–Crippen LogP) is 0.584. The van der Waals surface area contributed by atoms with E-state index in [9.17, 15) is 22.0 Å². The van der Waals surface area contributed by atoms with E-state index in [1.165, 1.54) is 0 Å². The minimum absolute atomic E-state index is 0.662. The monoisotopic (exact) mass is 232 g/mol. The Hall–Kier alpha value is -1.73. The van der Waals surface area contributed by atoms with E-state index in [4.69, 9.17) is 0 Å². The van der Waals surface area contributed by atoms with Crippen LogP contribution in [0.5, 0.6) is 0 Å². The third-order valence-electron chi connectivity index (χ3n) is 2.08. The summed E-state index contributed by atoms with van der Waals surface area (Å²) in [5.41, 5.74) is -2.47. The lowest BCUT2D eigenvalue weighted by Crippen LogP contribution is -2.18. The average molecular weight is 232 g/mol. The van der Waals surface area contributed by atoms with Gasteiger partial charge < -0.3 is 0 Å². The van der Waals surface area contributed by atoms with Crippen LogP contribution in [0.1, 0.15) is 0 Å². The third kappa shape index (κ3) is 1.33. The van der Waals surface area contributed by atoms with Crippen molar-refractivity contribution < 1.29 is 22.0 Å². The van der Waals surface area contributed by atoms with Gasteiger partial charge in [-0.15, -0.1) is 0 Å². The van der Waals surface area contributed by atoms with Gasteiger partial charge in [0.1, 0.15) is 24.7 Å². The molecule has 2 rings (SSSR count). The van der Waals surface area contributed by atoms with Crippen molar-refractivity contribution in [2.45, 2.75) is 0 Å². The summed E-state index contributed by atoms with van der Waals surface area (Å²) in [4.78, 5) is 5.63. The summed E-state index contributed by atoms with van der Waals surface area (Å²) < 4.78 is 64.9. The topological polar surface area (TPSA) is 25.8 Å². The number of hydrogen-bond donors (Lipinski definition) is 0. The minimum atomic E-state index is -1.71. The third-order valence-corrected chi connectivity index (χ3v) is 2.08. The summed E-state index contributed by atoms with van der Waals surface area (Å²) in [5, 5.41) is 0. The molecule has 0 saturated carbocycles. The molecule has 0 aliphatic rings. The first-order chi connectivity index (χ1) is 7.43. The van der Waals surface area contributed by atoms with Gasteiger partial charge in [0.15, 0.2) is 11.6 Å². The second kappa shape index (κ2) is 3.39. The highest BCUT2D eigenvalue weighted by atomic mass is 19.2. The van der Waals surface area contributed by atoms with E-state index in [0.717, 1.165) is 7.85 Å². The number of hydrogen-bond acceptors (Lipinski definition) is 2. The lowest BCUT2D eigenvalue weighted by Gasteiger charge is -2.05. The van der Waals surface area contributed by atoms with Gasteiger partial charge in [-0.1, -0.05) is 0 Å². The van der Waals surface area contributed by atoms with Crippen LogP contribution in [0.4, 0.5) is 22.0 Å². The van der Waals surface area contributed by atoms with Crippen molar-refractivity contribution in [3.63, 3.8) is 0 Å². The average Bonchev–Trinajstić information content (AvgIpc) is 2.26. The van der Waals surface area contributed by atoms with E-state index in [1.54, 1.807) is 0 Å². The van der Waals surface area contributed by atoms with E-state index < -0.39 is 45.8 Å². The predicted molar refractivity (Wildman–Crippen MR) is 47.5 cm³/mol. The molecule has 0 atom stereocenters. The van der Waals surface area contributed by atoms with Gasteiger partial charge in [0.25, 0.3) is 11.9 Å². The Kier molecular flexibility index (Phi) is 2.29. The maximum Gasteiger partial charge on any atom is 0.269 e. The zero-order valence-corrected chi connectivity index (χ0v) is 7.78. The van der Waals surface area contributed by atoms with Crippen LogP contribution >= 0.6 is 0 Å². The lowest BCUT2D eigenvalue weighted by atomic mass is 9.93. The molecule has 0 N–H and O–H groups in total. The highest BCUT2D eigenvalue weighted by Crippen LogP contribution is 2.19. The Morgan fingerprint density at radius 1 is 0.688 bits per heavy atom. The summed E-state index contributed by atoms with van der Waals surface area (Å²) in [6, 6.07) is 0. The quantitative estimate of drug-likeness (QED) is 0.377. The zero-order chi connectivity index (χ0) is 12.0. The Balaban J connectivity index is 3.02. The van der Waals surface area contributed by atoms with Crippen LogP contribution in [-0.4, -0.2) is 17.8 Å². The number of nitrogens with zero attached hydrogens (tertiary/aromatic N) is 2. The van der Waals surface area contributed by atoms with Crippen LogP contribution in [0.25, 0.3) is 11.0 Å². The molecule has 2 nitrogen and oxygen atoms in total. The number of fused-ring (bicyclic) bond motifs is 1. The van der Waals surface area contributed by atoms with Crippen LogP contribution in [0, 0.1) is 29.3 Å². The fourth-order valence-electron chi connectivity index (χ4n) is 1.24. The number of benzene rings is 1. The molecule has 0 spiro atoms. The highest BCUT2D eigenvalue weighted by Gasteiger charge is 2.21. The molecule has 1 aromatic carbocycles. The number of aromatic nitrogens is 2. The fraction of sp³-hybridized carbons (Fsp3) is 0. The largest absolute Gasteiger partial charge is 0.269 e. The molecule has 0 radical (unpaired) electrons. The fourth-order valence-corrected chi connectivity index (χ4v) is 1.24.